The molecule has 0 saturated carbocycles. The van der Waals surface area contributed by atoms with Crippen molar-refractivity contribution in [2.24, 2.45) is 0 Å². The maximum Gasteiger partial charge on any atom is 0.435 e. The van der Waals surface area contributed by atoms with Crippen molar-refractivity contribution in [2.75, 3.05) is 6.61 Å². The van der Waals surface area contributed by atoms with Gasteiger partial charge in [0, 0.05) is 12.1 Å². The highest BCUT2D eigenvalue weighted by atomic mass is 19.4. The summed E-state index contributed by atoms with van der Waals surface area (Å²) in [5.41, 5.74) is -2.48. The molecule has 9 heteroatoms. The highest BCUT2D eigenvalue weighted by Gasteiger charge is 2.39. The minimum Gasteiger partial charge on any atom is -0.464 e. The maximum absolute atomic E-state index is 12.6. The summed E-state index contributed by atoms with van der Waals surface area (Å²) < 4.78 is 67.2. The topological polar surface area (TPSA) is 44.1 Å². The SMILES string of the molecule is Cc1cc(C(F)(F)F)nn1C(C)(C)C(=O)OCCC=C(F)F. The van der Waals surface area contributed by atoms with Crippen LogP contribution in [0, 0.1) is 6.92 Å². The molecule has 0 radical (unpaired) electrons. The molecule has 0 saturated heterocycles. The first-order valence-corrected chi connectivity index (χ1v) is 6.29. The smallest absolute Gasteiger partial charge is 0.435 e. The molecule has 0 fully saturated rings. The Kier molecular flexibility index (Phi) is 5.31. The molecule has 124 valence electrons. The van der Waals surface area contributed by atoms with Crippen LogP contribution >= 0.6 is 0 Å². The quantitative estimate of drug-likeness (QED) is 0.471. The second kappa shape index (κ2) is 6.45. The molecule has 0 atom stereocenters. The Balaban J connectivity index is 2.87. The number of rotatable bonds is 5. The average molecular weight is 326 g/mol. The molecule has 1 heterocycles. The van der Waals surface area contributed by atoms with E-state index in [0.717, 1.165) is 10.7 Å². The summed E-state index contributed by atoms with van der Waals surface area (Å²) in [6.45, 7) is 3.74. The average Bonchev–Trinajstić information content (AvgIpc) is 2.76. The number of halogens is 5. The molecule has 4 nitrogen and oxygen atoms in total. The monoisotopic (exact) mass is 326 g/mol. The minimum atomic E-state index is -4.63. The number of carbonyl (C=O) groups excluding carboxylic acids is 1. The van der Waals surface area contributed by atoms with E-state index in [1.165, 1.54) is 20.8 Å². The second-order valence-electron chi connectivity index (χ2n) is 5.06. The Labute approximate surface area is 123 Å². The van der Waals surface area contributed by atoms with E-state index in [1.54, 1.807) is 0 Å². The van der Waals surface area contributed by atoms with Crippen molar-refractivity contribution < 1.29 is 31.5 Å². The molecule has 0 unspecified atom stereocenters. The van der Waals surface area contributed by atoms with Crippen LogP contribution in [0.3, 0.4) is 0 Å². The fraction of sp³-hybridized carbons (Fsp3) is 0.538. The van der Waals surface area contributed by atoms with Crippen LogP contribution in [0.2, 0.25) is 0 Å². The number of aryl methyl sites for hydroxylation is 1. The van der Waals surface area contributed by atoms with Crippen LogP contribution in [0.4, 0.5) is 22.0 Å². The van der Waals surface area contributed by atoms with Crippen LogP contribution in [-0.4, -0.2) is 22.4 Å². The normalized spacial score (nSPS) is 12.2. The van der Waals surface area contributed by atoms with E-state index >= 15 is 0 Å². The van der Waals surface area contributed by atoms with Gasteiger partial charge in [0.2, 0.25) is 0 Å². The zero-order valence-electron chi connectivity index (χ0n) is 12.2. The van der Waals surface area contributed by atoms with E-state index in [2.05, 4.69) is 5.10 Å². The van der Waals surface area contributed by atoms with Gasteiger partial charge >= 0.3 is 12.1 Å². The van der Waals surface area contributed by atoms with Gasteiger partial charge in [-0.05, 0) is 32.9 Å². The number of aromatic nitrogens is 2. The molecular formula is C13H15F5N2O2. The second-order valence-corrected chi connectivity index (χ2v) is 5.06. The Hall–Kier alpha value is -1.93. The zero-order valence-corrected chi connectivity index (χ0v) is 12.2. The fourth-order valence-electron chi connectivity index (χ4n) is 1.76. The third-order valence-corrected chi connectivity index (χ3v) is 2.86. The van der Waals surface area contributed by atoms with Crippen molar-refractivity contribution in [3.8, 4) is 0 Å². The van der Waals surface area contributed by atoms with E-state index in [4.69, 9.17) is 4.74 Å². The van der Waals surface area contributed by atoms with Crippen molar-refractivity contribution >= 4 is 5.97 Å². The number of hydrogen-bond acceptors (Lipinski definition) is 3. The molecule has 0 bridgehead atoms. The number of carbonyl (C=O) groups is 1. The number of nitrogens with zero attached hydrogens (tertiary/aromatic N) is 2. The van der Waals surface area contributed by atoms with Crippen LogP contribution < -0.4 is 0 Å². The number of esters is 1. The highest BCUT2D eigenvalue weighted by Crippen LogP contribution is 2.30. The summed E-state index contributed by atoms with van der Waals surface area (Å²) in [4.78, 5) is 11.9. The maximum atomic E-state index is 12.6. The lowest BCUT2D eigenvalue weighted by atomic mass is 10.1. The van der Waals surface area contributed by atoms with E-state index in [9.17, 15) is 26.7 Å². The number of hydrogen-bond donors (Lipinski definition) is 0. The van der Waals surface area contributed by atoms with Crippen molar-refractivity contribution in [3.63, 3.8) is 0 Å². The summed E-state index contributed by atoms with van der Waals surface area (Å²) in [5.74, 6) is -0.861. The first-order chi connectivity index (χ1) is 9.96. The van der Waals surface area contributed by atoms with E-state index < -0.39 is 29.5 Å². The number of ether oxygens (including phenoxy) is 1. The van der Waals surface area contributed by atoms with Gasteiger partial charge in [0.1, 0.15) is 0 Å². The standard InChI is InChI=1S/C13H15F5N2O2/c1-8-7-9(13(16,17)18)19-20(8)12(2,3)11(21)22-6-4-5-10(14)15/h5,7H,4,6H2,1-3H3. The van der Waals surface area contributed by atoms with Gasteiger partial charge in [-0.3, -0.25) is 4.68 Å². The van der Waals surface area contributed by atoms with Crippen molar-refractivity contribution in [3.05, 3.63) is 29.6 Å². The van der Waals surface area contributed by atoms with Gasteiger partial charge in [-0.15, -0.1) is 0 Å². The van der Waals surface area contributed by atoms with Crippen LogP contribution in [0.25, 0.3) is 0 Å². The van der Waals surface area contributed by atoms with Gasteiger partial charge in [-0.25, -0.2) is 4.79 Å². The molecule has 1 rings (SSSR count). The Morgan fingerprint density at radius 3 is 2.41 bits per heavy atom. The molecule has 0 amide bonds. The van der Waals surface area contributed by atoms with Crippen LogP contribution in [0.1, 0.15) is 31.7 Å². The van der Waals surface area contributed by atoms with Gasteiger partial charge in [-0.2, -0.15) is 27.1 Å². The van der Waals surface area contributed by atoms with E-state index in [0.29, 0.717) is 6.08 Å². The Morgan fingerprint density at radius 2 is 1.95 bits per heavy atom. The first-order valence-electron chi connectivity index (χ1n) is 6.29. The van der Waals surface area contributed by atoms with Crippen LogP contribution in [0.15, 0.2) is 18.2 Å². The van der Waals surface area contributed by atoms with Crippen molar-refractivity contribution in [1.82, 2.24) is 9.78 Å². The molecule has 0 aromatic carbocycles. The lowest BCUT2D eigenvalue weighted by molar-refractivity contribution is -0.154. The van der Waals surface area contributed by atoms with E-state index in [-0.39, 0.29) is 18.7 Å². The van der Waals surface area contributed by atoms with Crippen molar-refractivity contribution in [1.29, 1.82) is 0 Å². The Bertz CT molecular complexity index is 571. The van der Waals surface area contributed by atoms with Crippen molar-refractivity contribution in [2.45, 2.75) is 38.9 Å². The lowest BCUT2D eigenvalue weighted by Crippen LogP contribution is -2.39. The largest absolute Gasteiger partial charge is 0.464 e. The third-order valence-electron chi connectivity index (χ3n) is 2.86. The third kappa shape index (κ3) is 4.28. The van der Waals surface area contributed by atoms with Crippen LogP contribution in [-0.2, 0) is 21.2 Å². The molecule has 0 aliphatic heterocycles. The molecule has 1 aromatic rings. The van der Waals surface area contributed by atoms with Gasteiger partial charge in [0.05, 0.1) is 6.61 Å². The van der Waals surface area contributed by atoms with Crippen LogP contribution in [0.5, 0.6) is 0 Å². The molecule has 1 aromatic heterocycles. The minimum absolute atomic E-state index is 0.129. The molecule has 0 N–H and O–H groups in total. The fourth-order valence-corrected chi connectivity index (χ4v) is 1.76. The van der Waals surface area contributed by atoms with Gasteiger partial charge in [0.25, 0.3) is 6.08 Å². The summed E-state index contributed by atoms with van der Waals surface area (Å²) >= 11 is 0. The molecule has 0 aliphatic carbocycles. The highest BCUT2D eigenvalue weighted by molar-refractivity contribution is 5.77. The first kappa shape index (κ1) is 18.1. The summed E-state index contributed by atoms with van der Waals surface area (Å²) in [6, 6.07) is 0.816. The summed E-state index contributed by atoms with van der Waals surface area (Å²) in [7, 11) is 0. The molecule has 0 spiro atoms. The predicted octanol–water partition coefficient (Wildman–Crippen LogP) is 3.66. The molecular weight excluding hydrogens is 311 g/mol. The summed E-state index contributed by atoms with van der Waals surface area (Å²) in [5, 5.41) is 3.39. The zero-order chi connectivity index (χ0) is 17.1. The van der Waals surface area contributed by atoms with Gasteiger partial charge in [-0.1, -0.05) is 0 Å². The van der Waals surface area contributed by atoms with E-state index in [1.807, 2.05) is 0 Å². The molecule has 0 aliphatic rings. The van der Waals surface area contributed by atoms with Gasteiger partial charge < -0.3 is 4.74 Å². The lowest BCUT2D eigenvalue weighted by Gasteiger charge is -2.24. The van der Waals surface area contributed by atoms with Gasteiger partial charge in [0.15, 0.2) is 11.2 Å². The summed E-state index contributed by atoms with van der Waals surface area (Å²) in [6.07, 6.45) is -6.12. The predicted molar refractivity (Wildman–Crippen MR) is 67.2 cm³/mol. The number of alkyl halides is 3. The molecule has 22 heavy (non-hydrogen) atoms. The Morgan fingerprint density at radius 1 is 1.36 bits per heavy atom.